The predicted octanol–water partition coefficient (Wildman–Crippen LogP) is -0.651. The van der Waals surface area contributed by atoms with Crippen LogP contribution in [0.5, 0.6) is 0 Å². The molecule has 0 aromatic rings. The van der Waals surface area contributed by atoms with E-state index in [1.54, 1.807) is 0 Å². The van der Waals surface area contributed by atoms with Crippen LogP contribution in [0.1, 0.15) is 6.92 Å². The van der Waals surface area contributed by atoms with E-state index in [0.717, 1.165) is 23.5 Å². The Labute approximate surface area is 52.8 Å². The Balaban J connectivity index is 2.49. The van der Waals surface area contributed by atoms with Crippen LogP contribution in [0.15, 0.2) is 0 Å². The zero-order valence-electron chi connectivity index (χ0n) is 5.32. The van der Waals surface area contributed by atoms with E-state index in [1.165, 1.54) is 0 Å². The molecule has 0 aromatic heterocycles. The third-order valence-electron chi connectivity index (χ3n) is 1.27. The van der Waals surface area contributed by atoms with Gasteiger partial charge in [-0.15, -0.1) is 11.5 Å². The molecule has 1 nitrogen and oxygen atoms in total. The molecule has 1 rings (SSSR count). The quantitative estimate of drug-likeness (QED) is 0.309. The maximum Gasteiger partial charge on any atom is 0.0906 e. The summed E-state index contributed by atoms with van der Waals surface area (Å²) in [6, 6.07) is 0. The van der Waals surface area contributed by atoms with Crippen molar-refractivity contribution in [2.24, 2.45) is 5.41 Å². The molecule has 0 bridgehead atoms. The lowest BCUT2D eigenvalue weighted by atomic mass is 9.90. The number of ether oxygens (including phenoxy) is 1. The molecule has 0 aliphatic carbocycles. The van der Waals surface area contributed by atoms with Crippen molar-refractivity contribution in [2.75, 3.05) is 13.2 Å². The van der Waals surface area contributed by atoms with Gasteiger partial charge >= 0.3 is 0 Å². The molecule has 0 amide bonds. The van der Waals surface area contributed by atoms with Gasteiger partial charge in [0.15, 0.2) is 0 Å². The van der Waals surface area contributed by atoms with Crippen molar-refractivity contribution < 1.29 is 4.74 Å². The third kappa shape index (κ3) is 0.934. The molecule has 1 heterocycles. The summed E-state index contributed by atoms with van der Waals surface area (Å²) >= 11 is 0. The monoisotopic (exact) mass is 126 g/mol. The molecule has 1 aliphatic rings. The van der Waals surface area contributed by atoms with Gasteiger partial charge in [-0.2, -0.15) is 0 Å². The van der Waals surface area contributed by atoms with Crippen molar-refractivity contribution >= 4 is 10.2 Å². The molecule has 1 saturated heterocycles. The van der Waals surface area contributed by atoms with E-state index < -0.39 is 0 Å². The molecular formula is C6H10OSi. The molecule has 44 valence electrons. The van der Waals surface area contributed by atoms with Crippen LogP contribution < -0.4 is 0 Å². The van der Waals surface area contributed by atoms with Crippen molar-refractivity contribution in [1.82, 2.24) is 0 Å². The van der Waals surface area contributed by atoms with E-state index in [1.807, 2.05) is 0 Å². The van der Waals surface area contributed by atoms with Crippen molar-refractivity contribution in [2.45, 2.75) is 6.92 Å². The van der Waals surface area contributed by atoms with E-state index in [-0.39, 0.29) is 5.41 Å². The maximum atomic E-state index is 5.00. The van der Waals surface area contributed by atoms with E-state index in [0.29, 0.717) is 0 Å². The highest BCUT2D eigenvalue weighted by Gasteiger charge is 2.30. The average Bonchev–Trinajstić information content (AvgIpc) is 1.64. The summed E-state index contributed by atoms with van der Waals surface area (Å²) in [5.74, 6) is 3.15. The molecule has 0 radical (unpaired) electrons. The zero-order chi connectivity index (χ0) is 6.04. The van der Waals surface area contributed by atoms with Gasteiger partial charge in [-0.1, -0.05) is 0 Å². The molecule has 0 unspecified atom stereocenters. The van der Waals surface area contributed by atoms with Crippen molar-refractivity contribution in [3.8, 4) is 11.5 Å². The van der Waals surface area contributed by atoms with Gasteiger partial charge < -0.3 is 4.74 Å². The molecule has 1 aliphatic heterocycles. The minimum atomic E-state index is 0.224. The Bertz CT molecular complexity index is 138. The molecular weight excluding hydrogens is 116 g/mol. The van der Waals surface area contributed by atoms with Crippen LogP contribution >= 0.6 is 0 Å². The summed E-state index contributed by atoms with van der Waals surface area (Å²) in [4.78, 5) is 0. The van der Waals surface area contributed by atoms with Crippen LogP contribution in [0.2, 0.25) is 0 Å². The number of rotatable bonds is 0. The van der Waals surface area contributed by atoms with Gasteiger partial charge in [0.25, 0.3) is 0 Å². The molecule has 0 aromatic carbocycles. The zero-order valence-corrected chi connectivity index (χ0v) is 7.32. The molecule has 0 spiro atoms. The van der Waals surface area contributed by atoms with Gasteiger partial charge in [0.1, 0.15) is 0 Å². The van der Waals surface area contributed by atoms with E-state index >= 15 is 0 Å². The van der Waals surface area contributed by atoms with Crippen LogP contribution in [0, 0.1) is 16.9 Å². The standard InChI is InChI=1S/C6H10OSi/c1-6(2-3-8)4-7-5-6/h4-5H2,1,8H3. The van der Waals surface area contributed by atoms with E-state index in [2.05, 4.69) is 18.4 Å². The van der Waals surface area contributed by atoms with Crippen molar-refractivity contribution in [3.63, 3.8) is 0 Å². The van der Waals surface area contributed by atoms with Gasteiger partial charge in [0.2, 0.25) is 0 Å². The summed E-state index contributed by atoms with van der Waals surface area (Å²) in [5.41, 5.74) is 3.24. The Morgan fingerprint density at radius 3 is 2.38 bits per heavy atom. The first-order valence-corrected chi connectivity index (χ1v) is 3.78. The van der Waals surface area contributed by atoms with Crippen LogP contribution in [0.25, 0.3) is 0 Å². The molecule has 8 heavy (non-hydrogen) atoms. The van der Waals surface area contributed by atoms with Crippen LogP contribution in [-0.2, 0) is 4.74 Å². The van der Waals surface area contributed by atoms with Crippen LogP contribution in [-0.4, -0.2) is 23.5 Å². The van der Waals surface area contributed by atoms with E-state index in [9.17, 15) is 0 Å². The lowest BCUT2D eigenvalue weighted by Crippen LogP contribution is -2.38. The van der Waals surface area contributed by atoms with Crippen LogP contribution in [0.3, 0.4) is 0 Å². The first kappa shape index (κ1) is 5.87. The summed E-state index contributed by atoms with van der Waals surface area (Å²) in [6.45, 7) is 3.81. The highest BCUT2D eigenvalue weighted by Crippen LogP contribution is 2.24. The number of hydrogen-bond acceptors (Lipinski definition) is 1. The third-order valence-corrected chi connectivity index (χ3v) is 1.52. The fourth-order valence-electron chi connectivity index (χ4n) is 0.782. The largest absolute Gasteiger partial charge is 0.378 e. The molecule has 0 saturated carbocycles. The summed E-state index contributed by atoms with van der Waals surface area (Å²) in [6.07, 6.45) is 0. The topological polar surface area (TPSA) is 9.23 Å². The Morgan fingerprint density at radius 2 is 2.25 bits per heavy atom. The minimum absolute atomic E-state index is 0.224. The van der Waals surface area contributed by atoms with Gasteiger partial charge in [0.05, 0.1) is 28.9 Å². The lowest BCUT2D eigenvalue weighted by molar-refractivity contribution is -0.0647. The van der Waals surface area contributed by atoms with Crippen molar-refractivity contribution in [3.05, 3.63) is 0 Å². The van der Waals surface area contributed by atoms with Gasteiger partial charge in [-0.25, -0.2) is 0 Å². The SMILES string of the molecule is CC1(C#C[SiH3])COC1. The average molecular weight is 126 g/mol. The first-order chi connectivity index (χ1) is 3.77. The first-order valence-electron chi connectivity index (χ1n) is 2.78. The summed E-state index contributed by atoms with van der Waals surface area (Å²) in [7, 11) is 0.992. The fraction of sp³-hybridized carbons (Fsp3) is 0.667. The predicted molar refractivity (Wildman–Crippen MR) is 36.6 cm³/mol. The van der Waals surface area contributed by atoms with Gasteiger partial charge in [0, 0.05) is 0 Å². The normalized spacial score (nSPS) is 23.1. The lowest BCUT2D eigenvalue weighted by Gasteiger charge is -2.32. The highest BCUT2D eigenvalue weighted by atomic mass is 28.1. The Kier molecular flexibility index (Phi) is 1.41. The van der Waals surface area contributed by atoms with E-state index in [4.69, 9.17) is 4.74 Å². The molecule has 0 atom stereocenters. The molecule has 0 N–H and O–H groups in total. The second kappa shape index (κ2) is 1.92. The van der Waals surface area contributed by atoms with Gasteiger partial charge in [-0.05, 0) is 6.92 Å². The summed E-state index contributed by atoms with van der Waals surface area (Å²) < 4.78 is 5.00. The Hall–Kier alpha value is -0.263. The van der Waals surface area contributed by atoms with Gasteiger partial charge in [-0.3, -0.25) is 0 Å². The second-order valence-electron chi connectivity index (χ2n) is 2.43. The van der Waals surface area contributed by atoms with Crippen molar-refractivity contribution in [1.29, 1.82) is 0 Å². The maximum absolute atomic E-state index is 5.00. The molecule has 1 fully saturated rings. The minimum Gasteiger partial charge on any atom is -0.378 e. The molecule has 2 heteroatoms. The number of hydrogen-bond donors (Lipinski definition) is 0. The van der Waals surface area contributed by atoms with Crippen LogP contribution in [0.4, 0.5) is 0 Å². The fourth-order valence-corrected chi connectivity index (χ4v) is 1.39. The second-order valence-corrected chi connectivity index (χ2v) is 2.93. The highest BCUT2D eigenvalue weighted by molar-refractivity contribution is 6.22. The smallest absolute Gasteiger partial charge is 0.0906 e. The Morgan fingerprint density at radius 1 is 1.62 bits per heavy atom. The summed E-state index contributed by atoms with van der Waals surface area (Å²) in [5, 5.41) is 0.